The first-order valence-electron chi connectivity index (χ1n) is 16.7. The number of carbonyl (C=O) groups is 2. The van der Waals surface area contributed by atoms with Gasteiger partial charge in [0.1, 0.15) is 17.6 Å². The Morgan fingerprint density at radius 1 is 0.833 bits per heavy atom. The average molecular weight is 646 g/mol. The van der Waals surface area contributed by atoms with Gasteiger partial charge in [0.15, 0.2) is 5.78 Å². The number of ketones is 1. The van der Waals surface area contributed by atoms with E-state index in [0.717, 1.165) is 67.0 Å². The predicted molar refractivity (Wildman–Crippen MR) is 189 cm³/mol. The molecule has 0 bridgehead atoms. The molecule has 1 aromatic heterocycles. The summed E-state index contributed by atoms with van der Waals surface area (Å²) >= 11 is 0. The quantitative estimate of drug-likeness (QED) is 0.126. The van der Waals surface area contributed by atoms with Gasteiger partial charge in [-0.05, 0) is 61.4 Å². The van der Waals surface area contributed by atoms with Crippen LogP contribution in [0.1, 0.15) is 52.4 Å². The number of rotatable bonds is 14. The molecule has 1 N–H and O–H groups in total. The second kappa shape index (κ2) is 15.2. The van der Waals surface area contributed by atoms with Gasteiger partial charge in [0.25, 0.3) is 0 Å². The maximum atomic E-state index is 13.7. The number of nitrogens with zero attached hydrogens (tertiary/aromatic N) is 3. The fraction of sp³-hybridized carbons (Fsp3) is 0.300. The molecular weight excluding hydrogens is 602 g/mol. The van der Waals surface area contributed by atoms with Crippen LogP contribution in [0, 0.1) is 6.92 Å². The Kier molecular flexibility index (Phi) is 10.4. The summed E-state index contributed by atoms with van der Waals surface area (Å²) in [7, 11) is 1.72. The summed E-state index contributed by atoms with van der Waals surface area (Å²) in [5.41, 5.74) is 5.59. The minimum absolute atomic E-state index is 0.0721. The van der Waals surface area contributed by atoms with Crippen molar-refractivity contribution in [2.45, 2.75) is 38.8 Å². The number of benzene rings is 4. The zero-order valence-electron chi connectivity index (χ0n) is 27.7. The van der Waals surface area contributed by atoms with Crippen LogP contribution in [0.25, 0.3) is 10.9 Å². The van der Waals surface area contributed by atoms with Crippen molar-refractivity contribution >= 4 is 28.3 Å². The lowest BCUT2D eigenvalue weighted by Crippen LogP contribution is -2.47. The maximum Gasteiger partial charge on any atom is 0.303 e. The molecule has 1 atom stereocenters. The third-order valence-corrected chi connectivity index (χ3v) is 9.17. The van der Waals surface area contributed by atoms with E-state index < -0.39 is 5.97 Å². The van der Waals surface area contributed by atoms with Crippen LogP contribution < -0.4 is 14.4 Å². The minimum atomic E-state index is -0.822. The summed E-state index contributed by atoms with van der Waals surface area (Å²) < 4.78 is 14.2. The Morgan fingerprint density at radius 2 is 1.54 bits per heavy atom. The van der Waals surface area contributed by atoms with Gasteiger partial charge in [-0.1, -0.05) is 60.2 Å². The van der Waals surface area contributed by atoms with Gasteiger partial charge in [-0.25, -0.2) is 0 Å². The lowest BCUT2D eigenvalue weighted by atomic mass is 10.0. The second-order valence-corrected chi connectivity index (χ2v) is 12.4. The number of aryl methyl sites for hydroxylation is 2. The number of aliphatic carboxylic acids is 1. The molecule has 0 spiro atoms. The number of methoxy groups -OCH3 is 1. The van der Waals surface area contributed by atoms with Crippen LogP contribution in [-0.2, 0) is 11.3 Å². The van der Waals surface area contributed by atoms with Crippen molar-refractivity contribution in [3.8, 4) is 11.5 Å². The summed E-state index contributed by atoms with van der Waals surface area (Å²) in [4.78, 5) is 29.6. The van der Waals surface area contributed by atoms with Gasteiger partial charge in [0.2, 0.25) is 0 Å². The van der Waals surface area contributed by atoms with Crippen molar-refractivity contribution in [1.82, 2.24) is 9.47 Å². The fourth-order valence-corrected chi connectivity index (χ4v) is 6.50. The molecule has 2 heterocycles. The highest BCUT2D eigenvalue weighted by Crippen LogP contribution is 2.30. The minimum Gasteiger partial charge on any atom is -0.495 e. The van der Waals surface area contributed by atoms with Crippen molar-refractivity contribution in [2.24, 2.45) is 0 Å². The number of anilines is 1. The fourth-order valence-electron chi connectivity index (χ4n) is 6.50. The standard InChI is InChI=1S/C40H43N3O5/c1-29-13-15-30(16-14-29)37(21-23-41-24-26-42(27-25-41)36-10-5-6-11-38(36)47-2)48-32-19-17-31(18-20-32)40(46)34-28-43(22-7-12-39(44)45)35-9-4-3-8-33(34)35/h3-6,8-11,13-20,28,37H,7,12,21-27H2,1-2H3,(H,44,45)/t37-/m1/s1. The average Bonchev–Trinajstić information content (AvgIpc) is 3.49. The third kappa shape index (κ3) is 7.72. The molecule has 4 aromatic carbocycles. The van der Waals surface area contributed by atoms with E-state index in [1.807, 2.05) is 71.4 Å². The summed E-state index contributed by atoms with van der Waals surface area (Å²) in [6, 6.07) is 31.9. The van der Waals surface area contributed by atoms with E-state index in [4.69, 9.17) is 14.6 Å². The van der Waals surface area contributed by atoms with Gasteiger partial charge in [0.05, 0.1) is 12.8 Å². The number of carbonyl (C=O) groups excluding carboxylic acids is 1. The number of ether oxygens (including phenoxy) is 2. The molecule has 0 radical (unpaired) electrons. The van der Waals surface area contributed by atoms with Gasteiger partial charge < -0.3 is 24.0 Å². The predicted octanol–water partition coefficient (Wildman–Crippen LogP) is 7.39. The highest BCUT2D eigenvalue weighted by molar-refractivity contribution is 6.16. The van der Waals surface area contributed by atoms with Crippen LogP contribution in [-0.4, -0.2) is 66.2 Å². The molecule has 5 aromatic rings. The number of aromatic nitrogens is 1. The molecule has 0 amide bonds. The summed E-state index contributed by atoms with van der Waals surface area (Å²) in [5.74, 6) is 0.732. The molecule has 0 saturated carbocycles. The third-order valence-electron chi connectivity index (χ3n) is 9.17. The summed E-state index contributed by atoms with van der Waals surface area (Å²) in [5, 5.41) is 9.93. The number of fused-ring (bicyclic) bond motifs is 1. The largest absolute Gasteiger partial charge is 0.495 e. The second-order valence-electron chi connectivity index (χ2n) is 12.4. The highest BCUT2D eigenvalue weighted by atomic mass is 16.5. The smallest absolute Gasteiger partial charge is 0.303 e. The molecule has 48 heavy (non-hydrogen) atoms. The molecule has 8 heteroatoms. The van der Waals surface area contributed by atoms with Crippen molar-refractivity contribution < 1.29 is 24.2 Å². The van der Waals surface area contributed by atoms with Gasteiger partial charge in [-0.3, -0.25) is 14.5 Å². The zero-order valence-corrected chi connectivity index (χ0v) is 27.7. The van der Waals surface area contributed by atoms with E-state index in [-0.39, 0.29) is 18.3 Å². The van der Waals surface area contributed by atoms with Crippen molar-refractivity contribution in [3.63, 3.8) is 0 Å². The Morgan fingerprint density at radius 3 is 2.27 bits per heavy atom. The van der Waals surface area contributed by atoms with Crippen LogP contribution in [0.3, 0.4) is 0 Å². The van der Waals surface area contributed by atoms with Crippen molar-refractivity contribution in [3.05, 3.63) is 126 Å². The number of carboxylic acid groups (broad SMARTS) is 1. The zero-order chi connectivity index (χ0) is 33.5. The monoisotopic (exact) mass is 645 g/mol. The number of para-hydroxylation sites is 3. The molecule has 1 saturated heterocycles. The van der Waals surface area contributed by atoms with Crippen LogP contribution in [0.2, 0.25) is 0 Å². The first-order valence-corrected chi connectivity index (χ1v) is 16.7. The van der Waals surface area contributed by atoms with Crippen LogP contribution in [0.15, 0.2) is 103 Å². The van der Waals surface area contributed by atoms with Crippen molar-refractivity contribution in [2.75, 3.05) is 44.7 Å². The number of hydrogen-bond acceptors (Lipinski definition) is 6. The van der Waals surface area contributed by atoms with E-state index >= 15 is 0 Å². The number of hydrogen-bond donors (Lipinski definition) is 1. The number of carboxylic acids is 1. The molecular formula is C40H43N3O5. The molecule has 0 unspecified atom stereocenters. The van der Waals surface area contributed by atoms with E-state index in [9.17, 15) is 9.59 Å². The molecule has 248 valence electrons. The molecule has 1 aliphatic rings. The summed E-state index contributed by atoms with van der Waals surface area (Å²) in [6.07, 6.45) is 3.13. The molecule has 1 fully saturated rings. The molecule has 0 aliphatic carbocycles. The van der Waals surface area contributed by atoms with Gasteiger partial charge in [-0.15, -0.1) is 0 Å². The maximum absolute atomic E-state index is 13.7. The van der Waals surface area contributed by atoms with Gasteiger partial charge in [-0.2, -0.15) is 0 Å². The van der Waals surface area contributed by atoms with E-state index in [0.29, 0.717) is 29.8 Å². The lowest BCUT2D eigenvalue weighted by Gasteiger charge is -2.37. The number of piperazine rings is 1. The molecule has 8 nitrogen and oxygen atoms in total. The Hall–Kier alpha value is -5.08. The molecule has 1 aliphatic heterocycles. The first kappa shape index (κ1) is 32.8. The van der Waals surface area contributed by atoms with E-state index in [1.165, 1.54) is 5.56 Å². The lowest BCUT2D eigenvalue weighted by molar-refractivity contribution is -0.137. The Bertz CT molecular complexity index is 1840. The summed E-state index contributed by atoms with van der Waals surface area (Å²) in [6.45, 7) is 7.33. The SMILES string of the molecule is COc1ccccc1N1CCN(CC[C@@H](Oc2ccc(C(=O)c3cn(CCCC(=O)O)c4ccccc34)cc2)c2ccc(C)cc2)CC1. The molecule has 6 rings (SSSR count). The Balaban J connectivity index is 1.12. The van der Waals surface area contributed by atoms with Crippen LogP contribution in [0.4, 0.5) is 5.69 Å². The first-order chi connectivity index (χ1) is 23.4. The Labute approximate surface area is 282 Å². The topological polar surface area (TPSA) is 84.2 Å². The van der Waals surface area contributed by atoms with Gasteiger partial charge >= 0.3 is 5.97 Å². The van der Waals surface area contributed by atoms with Crippen LogP contribution in [0.5, 0.6) is 11.5 Å². The highest BCUT2D eigenvalue weighted by Gasteiger charge is 2.22. The van der Waals surface area contributed by atoms with E-state index in [2.05, 4.69) is 53.1 Å². The normalized spacial score (nSPS) is 14.2. The van der Waals surface area contributed by atoms with Gasteiger partial charge in [0, 0.05) is 80.3 Å². The van der Waals surface area contributed by atoms with Crippen LogP contribution >= 0.6 is 0 Å². The van der Waals surface area contributed by atoms with E-state index in [1.54, 1.807) is 7.11 Å². The van der Waals surface area contributed by atoms with Crippen molar-refractivity contribution in [1.29, 1.82) is 0 Å².